The Morgan fingerprint density at radius 1 is 0.962 bits per heavy atom. The van der Waals surface area contributed by atoms with Crippen molar-refractivity contribution in [2.75, 3.05) is 31.1 Å². The van der Waals surface area contributed by atoms with Crippen LogP contribution in [0.4, 0.5) is 5.69 Å². The summed E-state index contributed by atoms with van der Waals surface area (Å²) in [7, 11) is 0. The summed E-state index contributed by atoms with van der Waals surface area (Å²) in [5, 5.41) is 0. The third-order valence-corrected chi connectivity index (χ3v) is 5.74. The SMILES string of the molecule is O=C(CN1C(=O)[C@@H]2CCCN2C(=O)c2ccccc21)N1CCCCCC1. The minimum atomic E-state index is -0.438. The third kappa shape index (κ3) is 2.97. The van der Waals surface area contributed by atoms with Crippen LogP contribution in [0.15, 0.2) is 24.3 Å². The van der Waals surface area contributed by atoms with E-state index in [1.807, 2.05) is 17.0 Å². The largest absolute Gasteiger partial charge is 0.341 e. The van der Waals surface area contributed by atoms with Gasteiger partial charge in [-0.05, 0) is 37.8 Å². The van der Waals surface area contributed by atoms with Crippen LogP contribution < -0.4 is 4.90 Å². The number of carbonyl (C=O) groups excluding carboxylic acids is 3. The molecule has 3 amide bonds. The van der Waals surface area contributed by atoms with Gasteiger partial charge >= 0.3 is 0 Å². The van der Waals surface area contributed by atoms with Gasteiger partial charge in [-0.3, -0.25) is 14.4 Å². The molecule has 1 aromatic carbocycles. The van der Waals surface area contributed by atoms with Crippen LogP contribution in [-0.4, -0.2) is 59.7 Å². The quantitative estimate of drug-likeness (QED) is 0.816. The monoisotopic (exact) mass is 355 g/mol. The Bertz CT molecular complexity index is 725. The molecule has 1 aromatic rings. The van der Waals surface area contributed by atoms with Crippen LogP contribution in [0.2, 0.25) is 0 Å². The standard InChI is InChI=1S/C20H25N3O3/c24-18(21-11-5-1-2-6-12-21)14-23-16-9-4-3-8-15(16)19(25)22-13-7-10-17(22)20(23)26/h3-4,8-9,17H,1-2,5-7,10-14H2/t17-/m0/s1. The first-order valence-corrected chi connectivity index (χ1v) is 9.66. The Kier molecular flexibility index (Phi) is 4.66. The molecule has 138 valence electrons. The molecule has 26 heavy (non-hydrogen) atoms. The van der Waals surface area contributed by atoms with E-state index >= 15 is 0 Å². The minimum absolute atomic E-state index is 0.0195. The van der Waals surface area contributed by atoms with E-state index in [9.17, 15) is 14.4 Å². The lowest BCUT2D eigenvalue weighted by Gasteiger charge is -2.28. The summed E-state index contributed by atoms with van der Waals surface area (Å²) in [4.78, 5) is 44.1. The molecular formula is C20H25N3O3. The lowest BCUT2D eigenvalue weighted by Crippen LogP contribution is -2.49. The number of hydrogen-bond acceptors (Lipinski definition) is 3. The highest BCUT2D eigenvalue weighted by molar-refractivity contribution is 6.12. The molecule has 0 aliphatic carbocycles. The first-order valence-electron chi connectivity index (χ1n) is 9.66. The molecule has 0 N–H and O–H groups in total. The summed E-state index contributed by atoms with van der Waals surface area (Å²) in [5.74, 6) is -0.237. The molecular weight excluding hydrogens is 330 g/mol. The van der Waals surface area contributed by atoms with E-state index < -0.39 is 6.04 Å². The zero-order valence-electron chi connectivity index (χ0n) is 15.0. The fraction of sp³-hybridized carbons (Fsp3) is 0.550. The van der Waals surface area contributed by atoms with E-state index in [-0.39, 0.29) is 24.3 Å². The number of nitrogens with zero attached hydrogens (tertiary/aromatic N) is 3. The minimum Gasteiger partial charge on any atom is -0.341 e. The molecule has 0 spiro atoms. The average Bonchev–Trinajstić information content (AvgIpc) is 2.96. The van der Waals surface area contributed by atoms with Gasteiger partial charge in [-0.2, -0.15) is 0 Å². The molecule has 0 aromatic heterocycles. The number of anilines is 1. The predicted molar refractivity (Wildman–Crippen MR) is 97.9 cm³/mol. The third-order valence-electron chi connectivity index (χ3n) is 5.74. The van der Waals surface area contributed by atoms with Crippen molar-refractivity contribution in [3.63, 3.8) is 0 Å². The van der Waals surface area contributed by atoms with E-state index in [2.05, 4.69) is 0 Å². The first kappa shape index (κ1) is 17.1. The highest BCUT2D eigenvalue weighted by Crippen LogP contribution is 2.32. The number of benzene rings is 1. The molecule has 3 aliphatic heterocycles. The maximum absolute atomic E-state index is 13.2. The Morgan fingerprint density at radius 2 is 1.69 bits per heavy atom. The number of fused-ring (bicyclic) bond motifs is 2. The van der Waals surface area contributed by atoms with Crippen molar-refractivity contribution >= 4 is 23.4 Å². The van der Waals surface area contributed by atoms with Gasteiger partial charge in [-0.1, -0.05) is 25.0 Å². The lowest BCUT2D eigenvalue weighted by atomic mass is 10.1. The molecule has 0 unspecified atom stereocenters. The second-order valence-corrected chi connectivity index (χ2v) is 7.39. The molecule has 6 heteroatoms. The summed E-state index contributed by atoms with van der Waals surface area (Å²) >= 11 is 0. The van der Waals surface area contributed by atoms with Gasteiger partial charge in [0.1, 0.15) is 12.6 Å². The Hall–Kier alpha value is -2.37. The zero-order valence-corrected chi connectivity index (χ0v) is 15.0. The molecule has 0 saturated carbocycles. The van der Waals surface area contributed by atoms with Crippen molar-refractivity contribution in [1.29, 1.82) is 0 Å². The van der Waals surface area contributed by atoms with Gasteiger partial charge in [0.2, 0.25) is 11.8 Å². The van der Waals surface area contributed by atoms with Gasteiger partial charge in [-0.25, -0.2) is 0 Å². The summed E-state index contributed by atoms with van der Waals surface area (Å²) in [5.41, 5.74) is 1.09. The molecule has 4 rings (SSSR count). The van der Waals surface area contributed by atoms with Gasteiger partial charge in [0.25, 0.3) is 5.91 Å². The molecule has 3 aliphatic rings. The van der Waals surface area contributed by atoms with Crippen LogP contribution in [0.3, 0.4) is 0 Å². The summed E-state index contributed by atoms with van der Waals surface area (Å²) in [6, 6.07) is 6.73. The second-order valence-electron chi connectivity index (χ2n) is 7.39. The van der Waals surface area contributed by atoms with E-state index in [4.69, 9.17) is 0 Å². The van der Waals surface area contributed by atoms with Crippen LogP contribution in [-0.2, 0) is 9.59 Å². The van der Waals surface area contributed by atoms with Crippen molar-refractivity contribution in [3.05, 3.63) is 29.8 Å². The maximum Gasteiger partial charge on any atom is 0.256 e. The lowest BCUT2D eigenvalue weighted by molar-refractivity contribution is -0.132. The Labute approximate surface area is 153 Å². The number of hydrogen-bond donors (Lipinski definition) is 0. The van der Waals surface area contributed by atoms with Crippen molar-refractivity contribution in [2.45, 2.75) is 44.6 Å². The number of rotatable bonds is 2. The van der Waals surface area contributed by atoms with E-state index in [0.29, 0.717) is 24.2 Å². The van der Waals surface area contributed by atoms with Crippen LogP contribution in [0, 0.1) is 0 Å². The van der Waals surface area contributed by atoms with E-state index in [0.717, 1.165) is 45.2 Å². The summed E-state index contributed by atoms with van der Waals surface area (Å²) < 4.78 is 0. The molecule has 6 nitrogen and oxygen atoms in total. The zero-order chi connectivity index (χ0) is 18.1. The molecule has 0 bridgehead atoms. The van der Waals surface area contributed by atoms with Crippen molar-refractivity contribution in [1.82, 2.24) is 9.80 Å². The highest BCUT2D eigenvalue weighted by Gasteiger charge is 2.42. The molecule has 2 saturated heterocycles. The molecule has 3 heterocycles. The summed E-state index contributed by atoms with van der Waals surface area (Å²) in [6.45, 7) is 2.15. The Morgan fingerprint density at radius 3 is 2.46 bits per heavy atom. The number of likely N-dealkylation sites (tertiary alicyclic amines) is 1. The number of carbonyl (C=O) groups is 3. The molecule has 0 radical (unpaired) electrons. The second kappa shape index (κ2) is 7.09. The smallest absolute Gasteiger partial charge is 0.256 e. The average molecular weight is 355 g/mol. The number of amides is 3. The summed E-state index contributed by atoms with van der Waals surface area (Å²) in [6.07, 6.45) is 5.85. The van der Waals surface area contributed by atoms with Gasteiger partial charge in [-0.15, -0.1) is 0 Å². The van der Waals surface area contributed by atoms with Crippen molar-refractivity contribution < 1.29 is 14.4 Å². The maximum atomic E-state index is 13.2. The van der Waals surface area contributed by atoms with Gasteiger partial charge in [0, 0.05) is 19.6 Å². The van der Waals surface area contributed by atoms with Crippen LogP contribution in [0.1, 0.15) is 48.9 Å². The fourth-order valence-corrected chi connectivity index (χ4v) is 4.33. The van der Waals surface area contributed by atoms with Gasteiger partial charge < -0.3 is 14.7 Å². The van der Waals surface area contributed by atoms with Crippen molar-refractivity contribution in [2.24, 2.45) is 0 Å². The number of para-hydroxylation sites is 1. The van der Waals surface area contributed by atoms with E-state index in [1.165, 1.54) is 0 Å². The van der Waals surface area contributed by atoms with Crippen LogP contribution in [0.5, 0.6) is 0 Å². The predicted octanol–water partition coefficient (Wildman–Crippen LogP) is 2.04. The van der Waals surface area contributed by atoms with Crippen LogP contribution >= 0.6 is 0 Å². The Balaban J connectivity index is 1.64. The molecule has 2 fully saturated rings. The molecule has 1 atom stereocenters. The van der Waals surface area contributed by atoms with Crippen LogP contribution in [0.25, 0.3) is 0 Å². The van der Waals surface area contributed by atoms with Crippen molar-refractivity contribution in [3.8, 4) is 0 Å². The van der Waals surface area contributed by atoms with E-state index in [1.54, 1.807) is 21.9 Å². The normalized spacial score (nSPS) is 23.4. The first-order chi connectivity index (χ1) is 12.7. The fourth-order valence-electron chi connectivity index (χ4n) is 4.33. The van der Waals surface area contributed by atoms with Gasteiger partial charge in [0.05, 0.1) is 11.3 Å². The van der Waals surface area contributed by atoms with Gasteiger partial charge in [0.15, 0.2) is 0 Å². The topological polar surface area (TPSA) is 60.9 Å². The highest BCUT2D eigenvalue weighted by atomic mass is 16.2.